The number of hydrogen-bond acceptors (Lipinski definition) is 5. The predicted octanol–water partition coefficient (Wildman–Crippen LogP) is 2.49. The van der Waals surface area contributed by atoms with E-state index in [0.29, 0.717) is 23.4 Å². The van der Waals surface area contributed by atoms with Gasteiger partial charge in [-0.1, -0.05) is 6.07 Å². The third-order valence-electron chi connectivity index (χ3n) is 3.48. The highest BCUT2D eigenvalue weighted by atomic mass is 16.7. The number of fused-ring (bicyclic) bond motifs is 2. The molecule has 22 heavy (non-hydrogen) atoms. The molecular weight excluding hydrogens is 284 g/mol. The number of nitrogens with zero attached hydrogens (tertiary/aromatic N) is 1. The average Bonchev–Trinajstić information content (AvgIpc) is 3.19. The third-order valence-corrected chi connectivity index (χ3v) is 3.48. The molecule has 0 atom stereocenters. The number of aromatic nitrogens is 1. The minimum atomic E-state index is -0.170. The van der Waals surface area contributed by atoms with E-state index in [1.54, 1.807) is 18.2 Å². The van der Waals surface area contributed by atoms with Crippen LogP contribution in [0.3, 0.4) is 0 Å². The normalized spacial score (nSPS) is 12.5. The van der Waals surface area contributed by atoms with Crippen LogP contribution in [0, 0.1) is 0 Å². The second kappa shape index (κ2) is 5.07. The van der Waals surface area contributed by atoms with E-state index in [4.69, 9.17) is 13.9 Å². The van der Waals surface area contributed by atoms with Crippen molar-refractivity contribution in [2.45, 2.75) is 6.54 Å². The molecule has 1 N–H and O–H groups in total. The summed E-state index contributed by atoms with van der Waals surface area (Å²) in [6, 6.07) is 10.8. The molecule has 1 aliphatic rings. The summed E-state index contributed by atoms with van der Waals surface area (Å²) in [4.78, 5) is 16.2. The van der Waals surface area contributed by atoms with Crippen molar-refractivity contribution in [3.8, 4) is 11.5 Å². The number of carbonyl (C=O) groups is 1. The molecule has 0 spiro atoms. The maximum absolute atomic E-state index is 12.2. The number of amides is 1. The maximum atomic E-state index is 12.2. The largest absolute Gasteiger partial charge is 0.454 e. The Morgan fingerprint density at radius 1 is 1.14 bits per heavy atom. The Morgan fingerprint density at radius 3 is 3.00 bits per heavy atom. The highest BCUT2D eigenvalue weighted by molar-refractivity contribution is 5.96. The van der Waals surface area contributed by atoms with Gasteiger partial charge in [-0.3, -0.25) is 4.79 Å². The fourth-order valence-electron chi connectivity index (χ4n) is 2.33. The van der Waals surface area contributed by atoms with Gasteiger partial charge in [0.25, 0.3) is 5.91 Å². The fourth-order valence-corrected chi connectivity index (χ4v) is 2.33. The molecule has 1 aliphatic heterocycles. The standard InChI is InChI=1S/C16H12N2O4/c19-16(11-2-3-12-14(6-11)20-8-18-12)17-7-10-1-4-13-15(5-10)22-9-21-13/h1-6,8H,7,9H2,(H,17,19). The smallest absolute Gasteiger partial charge is 0.251 e. The molecule has 0 fully saturated rings. The summed E-state index contributed by atoms with van der Waals surface area (Å²) in [5.74, 6) is 1.26. The fraction of sp³-hybridized carbons (Fsp3) is 0.125. The Labute approximate surface area is 125 Å². The van der Waals surface area contributed by atoms with Crippen LogP contribution in [0.2, 0.25) is 0 Å². The van der Waals surface area contributed by atoms with Gasteiger partial charge in [0.15, 0.2) is 23.5 Å². The summed E-state index contributed by atoms with van der Waals surface area (Å²) in [6.07, 6.45) is 1.36. The molecule has 2 aromatic carbocycles. The Hall–Kier alpha value is -3.02. The van der Waals surface area contributed by atoms with Crippen LogP contribution >= 0.6 is 0 Å². The molecule has 4 rings (SSSR count). The lowest BCUT2D eigenvalue weighted by Crippen LogP contribution is -2.22. The van der Waals surface area contributed by atoms with Gasteiger partial charge in [0, 0.05) is 12.1 Å². The van der Waals surface area contributed by atoms with Gasteiger partial charge in [0.1, 0.15) is 5.52 Å². The molecule has 110 valence electrons. The van der Waals surface area contributed by atoms with E-state index in [1.807, 2.05) is 18.2 Å². The molecule has 0 saturated carbocycles. The van der Waals surface area contributed by atoms with E-state index >= 15 is 0 Å². The van der Waals surface area contributed by atoms with E-state index in [0.717, 1.165) is 16.8 Å². The molecule has 0 radical (unpaired) electrons. The first kappa shape index (κ1) is 12.7. The molecule has 1 amide bonds. The average molecular weight is 296 g/mol. The van der Waals surface area contributed by atoms with Gasteiger partial charge in [-0.25, -0.2) is 4.98 Å². The molecule has 0 bridgehead atoms. The molecule has 2 heterocycles. The highest BCUT2D eigenvalue weighted by Crippen LogP contribution is 2.32. The molecular formula is C16H12N2O4. The Balaban J connectivity index is 1.47. The number of ether oxygens (including phenoxy) is 2. The molecule has 6 nitrogen and oxygen atoms in total. The lowest BCUT2D eigenvalue weighted by Gasteiger charge is -2.06. The van der Waals surface area contributed by atoms with Gasteiger partial charge in [0.05, 0.1) is 0 Å². The molecule has 0 aliphatic carbocycles. The zero-order chi connectivity index (χ0) is 14.9. The van der Waals surface area contributed by atoms with Gasteiger partial charge in [-0.2, -0.15) is 0 Å². The van der Waals surface area contributed by atoms with Gasteiger partial charge < -0.3 is 19.2 Å². The number of rotatable bonds is 3. The van der Waals surface area contributed by atoms with Crippen molar-refractivity contribution in [3.63, 3.8) is 0 Å². The Morgan fingerprint density at radius 2 is 2.05 bits per heavy atom. The first-order chi connectivity index (χ1) is 10.8. The van der Waals surface area contributed by atoms with Gasteiger partial charge in [-0.05, 0) is 35.9 Å². The predicted molar refractivity (Wildman–Crippen MR) is 77.7 cm³/mol. The third kappa shape index (κ3) is 2.24. The van der Waals surface area contributed by atoms with Crippen molar-refractivity contribution in [2.75, 3.05) is 6.79 Å². The van der Waals surface area contributed by atoms with E-state index in [1.165, 1.54) is 6.39 Å². The van der Waals surface area contributed by atoms with Crippen LogP contribution in [-0.4, -0.2) is 17.7 Å². The van der Waals surface area contributed by atoms with Crippen LogP contribution in [0.25, 0.3) is 11.1 Å². The molecule has 0 saturated heterocycles. The number of carbonyl (C=O) groups excluding carboxylic acids is 1. The minimum Gasteiger partial charge on any atom is -0.454 e. The number of nitrogens with one attached hydrogen (secondary N) is 1. The van der Waals surface area contributed by atoms with Crippen LogP contribution in [-0.2, 0) is 6.54 Å². The summed E-state index contributed by atoms with van der Waals surface area (Å²) in [5, 5.41) is 2.87. The van der Waals surface area contributed by atoms with Gasteiger partial charge in [-0.15, -0.1) is 0 Å². The summed E-state index contributed by atoms with van der Waals surface area (Å²) < 4.78 is 15.8. The quantitative estimate of drug-likeness (QED) is 0.803. The van der Waals surface area contributed by atoms with Crippen molar-refractivity contribution < 1.29 is 18.7 Å². The van der Waals surface area contributed by atoms with Crippen molar-refractivity contribution in [1.29, 1.82) is 0 Å². The first-order valence-electron chi connectivity index (χ1n) is 6.79. The molecule has 0 unspecified atom stereocenters. The lowest BCUT2D eigenvalue weighted by atomic mass is 10.1. The monoisotopic (exact) mass is 296 g/mol. The zero-order valence-electron chi connectivity index (χ0n) is 11.5. The summed E-state index contributed by atoms with van der Waals surface area (Å²) in [7, 11) is 0. The highest BCUT2D eigenvalue weighted by Gasteiger charge is 2.14. The van der Waals surface area contributed by atoms with Crippen molar-refractivity contribution >= 4 is 17.0 Å². The van der Waals surface area contributed by atoms with E-state index in [-0.39, 0.29) is 12.7 Å². The Bertz CT molecular complexity index is 856. The van der Waals surface area contributed by atoms with Crippen molar-refractivity contribution in [1.82, 2.24) is 10.3 Å². The summed E-state index contributed by atoms with van der Waals surface area (Å²) >= 11 is 0. The number of hydrogen-bond donors (Lipinski definition) is 1. The zero-order valence-corrected chi connectivity index (χ0v) is 11.5. The maximum Gasteiger partial charge on any atom is 0.251 e. The van der Waals surface area contributed by atoms with Gasteiger partial charge >= 0.3 is 0 Å². The molecule has 6 heteroatoms. The van der Waals surface area contributed by atoms with E-state index < -0.39 is 0 Å². The lowest BCUT2D eigenvalue weighted by molar-refractivity contribution is 0.0951. The molecule has 3 aromatic rings. The first-order valence-corrected chi connectivity index (χ1v) is 6.79. The minimum absolute atomic E-state index is 0.170. The number of benzene rings is 2. The summed E-state index contributed by atoms with van der Waals surface area (Å²) in [6.45, 7) is 0.645. The Kier molecular flexibility index (Phi) is 2.93. The van der Waals surface area contributed by atoms with E-state index in [9.17, 15) is 4.79 Å². The second-order valence-corrected chi connectivity index (χ2v) is 4.91. The second-order valence-electron chi connectivity index (χ2n) is 4.91. The molecule has 1 aromatic heterocycles. The van der Waals surface area contributed by atoms with Crippen molar-refractivity contribution in [3.05, 3.63) is 53.9 Å². The van der Waals surface area contributed by atoms with Crippen LogP contribution in [0.15, 0.2) is 47.2 Å². The number of oxazole rings is 1. The SMILES string of the molecule is O=C(NCc1ccc2c(c1)OCO2)c1ccc2ncoc2c1. The van der Waals surface area contributed by atoms with Crippen molar-refractivity contribution in [2.24, 2.45) is 0 Å². The van der Waals surface area contributed by atoms with E-state index in [2.05, 4.69) is 10.3 Å². The summed E-state index contributed by atoms with van der Waals surface area (Å²) in [5.41, 5.74) is 2.80. The van der Waals surface area contributed by atoms with Crippen LogP contribution in [0.5, 0.6) is 11.5 Å². The van der Waals surface area contributed by atoms with Crippen LogP contribution < -0.4 is 14.8 Å². The van der Waals surface area contributed by atoms with Crippen LogP contribution in [0.4, 0.5) is 0 Å². The van der Waals surface area contributed by atoms with Crippen LogP contribution in [0.1, 0.15) is 15.9 Å². The topological polar surface area (TPSA) is 73.6 Å². The van der Waals surface area contributed by atoms with Gasteiger partial charge in [0.2, 0.25) is 6.79 Å².